The minimum atomic E-state index is -0.325. The number of likely N-dealkylation sites (tertiary alicyclic amines) is 1. The van der Waals surface area contributed by atoms with Gasteiger partial charge in [-0.1, -0.05) is 12.1 Å². The number of amides is 1. The van der Waals surface area contributed by atoms with Gasteiger partial charge in [0.2, 0.25) is 0 Å². The van der Waals surface area contributed by atoms with Gasteiger partial charge in [-0.25, -0.2) is 4.39 Å². The number of piperidine rings is 1. The highest BCUT2D eigenvalue weighted by Gasteiger charge is 2.30. The van der Waals surface area contributed by atoms with Crippen molar-refractivity contribution in [2.24, 2.45) is 5.92 Å². The van der Waals surface area contributed by atoms with E-state index in [1.807, 2.05) is 4.90 Å². The SMILES string of the molecule is O=C(C1CCCO1)N1CCC(COc2ccccc2F)CC1. The van der Waals surface area contributed by atoms with Gasteiger partial charge in [0.25, 0.3) is 5.91 Å². The number of nitrogens with zero attached hydrogens (tertiary/aromatic N) is 1. The summed E-state index contributed by atoms with van der Waals surface area (Å²) < 4.78 is 24.5. The molecule has 0 spiro atoms. The molecule has 0 radical (unpaired) electrons. The van der Waals surface area contributed by atoms with Crippen LogP contribution in [0.1, 0.15) is 25.7 Å². The first-order valence-electron chi connectivity index (χ1n) is 8.02. The Labute approximate surface area is 130 Å². The summed E-state index contributed by atoms with van der Waals surface area (Å²) in [5.74, 6) is 0.480. The first kappa shape index (κ1) is 15.3. The Morgan fingerprint density at radius 1 is 1.27 bits per heavy atom. The lowest BCUT2D eigenvalue weighted by Gasteiger charge is -2.33. The van der Waals surface area contributed by atoms with Gasteiger partial charge < -0.3 is 14.4 Å². The third kappa shape index (κ3) is 3.58. The second kappa shape index (κ2) is 7.09. The molecule has 0 N–H and O–H groups in total. The van der Waals surface area contributed by atoms with Crippen molar-refractivity contribution in [2.45, 2.75) is 31.8 Å². The summed E-state index contributed by atoms with van der Waals surface area (Å²) in [4.78, 5) is 14.1. The van der Waals surface area contributed by atoms with Crippen molar-refractivity contribution in [3.8, 4) is 5.75 Å². The Kier molecular flexibility index (Phi) is 4.93. The Morgan fingerprint density at radius 3 is 2.73 bits per heavy atom. The number of rotatable bonds is 4. The fourth-order valence-electron chi connectivity index (χ4n) is 3.07. The molecule has 1 atom stereocenters. The average Bonchev–Trinajstić information content (AvgIpc) is 3.08. The quantitative estimate of drug-likeness (QED) is 0.858. The highest BCUT2D eigenvalue weighted by molar-refractivity contribution is 5.81. The maximum absolute atomic E-state index is 13.5. The van der Waals surface area contributed by atoms with E-state index < -0.39 is 0 Å². The van der Waals surface area contributed by atoms with Crippen LogP contribution >= 0.6 is 0 Å². The molecule has 2 saturated heterocycles. The zero-order valence-corrected chi connectivity index (χ0v) is 12.7. The molecule has 2 aliphatic rings. The van der Waals surface area contributed by atoms with Crippen LogP contribution in [0.4, 0.5) is 4.39 Å². The lowest BCUT2D eigenvalue weighted by molar-refractivity contribution is -0.142. The number of carbonyl (C=O) groups excluding carboxylic acids is 1. The zero-order chi connectivity index (χ0) is 15.4. The van der Waals surface area contributed by atoms with Crippen LogP contribution in [0.5, 0.6) is 5.75 Å². The first-order chi connectivity index (χ1) is 10.7. The number of para-hydroxylation sites is 1. The molecule has 0 aromatic heterocycles. The van der Waals surface area contributed by atoms with Gasteiger partial charge in [-0.15, -0.1) is 0 Å². The van der Waals surface area contributed by atoms with E-state index in [1.54, 1.807) is 18.2 Å². The van der Waals surface area contributed by atoms with Crippen molar-refractivity contribution in [3.63, 3.8) is 0 Å². The lowest BCUT2D eigenvalue weighted by atomic mass is 9.97. The largest absolute Gasteiger partial charge is 0.490 e. The molecule has 2 aliphatic heterocycles. The maximum atomic E-state index is 13.5. The van der Waals surface area contributed by atoms with E-state index in [-0.39, 0.29) is 17.8 Å². The van der Waals surface area contributed by atoms with E-state index in [0.29, 0.717) is 24.9 Å². The number of benzene rings is 1. The highest BCUT2D eigenvalue weighted by Crippen LogP contribution is 2.23. The van der Waals surface area contributed by atoms with Gasteiger partial charge in [0.05, 0.1) is 6.61 Å². The molecule has 2 heterocycles. The number of halogens is 1. The Morgan fingerprint density at radius 2 is 2.05 bits per heavy atom. The molecule has 4 nitrogen and oxygen atoms in total. The van der Waals surface area contributed by atoms with E-state index >= 15 is 0 Å². The van der Waals surface area contributed by atoms with Crippen LogP contribution in [0, 0.1) is 11.7 Å². The predicted octanol–water partition coefficient (Wildman–Crippen LogP) is 2.62. The van der Waals surface area contributed by atoms with Gasteiger partial charge in [0.15, 0.2) is 11.6 Å². The summed E-state index contributed by atoms with van der Waals surface area (Å²) in [7, 11) is 0. The predicted molar refractivity (Wildman–Crippen MR) is 80.2 cm³/mol. The summed E-state index contributed by atoms with van der Waals surface area (Å²) in [6.07, 6.45) is 3.38. The van der Waals surface area contributed by atoms with Crippen LogP contribution in [0.25, 0.3) is 0 Å². The molecule has 3 rings (SSSR count). The van der Waals surface area contributed by atoms with Crippen LogP contribution in [0.3, 0.4) is 0 Å². The van der Waals surface area contributed by atoms with Crippen molar-refractivity contribution < 1.29 is 18.7 Å². The van der Waals surface area contributed by atoms with E-state index in [1.165, 1.54) is 6.07 Å². The maximum Gasteiger partial charge on any atom is 0.251 e. The molecular weight excluding hydrogens is 285 g/mol. The highest BCUT2D eigenvalue weighted by atomic mass is 19.1. The molecule has 2 fully saturated rings. The van der Waals surface area contributed by atoms with Crippen molar-refractivity contribution in [2.75, 3.05) is 26.3 Å². The summed E-state index contributed by atoms with van der Waals surface area (Å²) in [6, 6.07) is 6.46. The Hall–Kier alpha value is -1.62. The smallest absolute Gasteiger partial charge is 0.251 e. The van der Waals surface area contributed by atoms with Gasteiger partial charge in [0.1, 0.15) is 6.10 Å². The number of hydrogen-bond acceptors (Lipinski definition) is 3. The molecule has 5 heteroatoms. The average molecular weight is 307 g/mol. The van der Waals surface area contributed by atoms with Crippen molar-refractivity contribution in [3.05, 3.63) is 30.1 Å². The summed E-state index contributed by atoms with van der Waals surface area (Å²) in [5, 5.41) is 0. The lowest BCUT2D eigenvalue weighted by Crippen LogP contribution is -2.44. The topological polar surface area (TPSA) is 38.8 Å². The number of carbonyl (C=O) groups is 1. The molecular formula is C17H22FNO3. The fourth-order valence-corrected chi connectivity index (χ4v) is 3.07. The minimum Gasteiger partial charge on any atom is -0.490 e. The summed E-state index contributed by atoms with van der Waals surface area (Å²) in [6.45, 7) is 2.68. The fraction of sp³-hybridized carbons (Fsp3) is 0.588. The van der Waals surface area contributed by atoms with Crippen LogP contribution in [-0.2, 0) is 9.53 Å². The van der Waals surface area contributed by atoms with Gasteiger partial charge >= 0.3 is 0 Å². The number of hydrogen-bond donors (Lipinski definition) is 0. The van der Waals surface area contributed by atoms with Gasteiger partial charge in [-0.3, -0.25) is 4.79 Å². The van der Waals surface area contributed by atoms with E-state index in [0.717, 1.165) is 38.8 Å². The van der Waals surface area contributed by atoms with Crippen LogP contribution in [-0.4, -0.2) is 43.2 Å². The molecule has 22 heavy (non-hydrogen) atoms. The molecule has 0 bridgehead atoms. The summed E-state index contributed by atoms with van der Waals surface area (Å²) in [5.41, 5.74) is 0. The van der Waals surface area contributed by atoms with E-state index in [9.17, 15) is 9.18 Å². The van der Waals surface area contributed by atoms with Crippen LogP contribution in [0.2, 0.25) is 0 Å². The Balaban J connectivity index is 1.44. The molecule has 1 unspecified atom stereocenters. The molecule has 120 valence electrons. The first-order valence-corrected chi connectivity index (χ1v) is 8.02. The van der Waals surface area contributed by atoms with Crippen molar-refractivity contribution in [1.29, 1.82) is 0 Å². The van der Waals surface area contributed by atoms with E-state index in [2.05, 4.69) is 0 Å². The van der Waals surface area contributed by atoms with Crippen LogP contribution < -0.4 is 4.74 Å². The Bertz CT molecular complexity index is 508. The van der Waals surface area contributed by atoms with Gasteiger partial charge in [-0.2, -0.15) is 0 Å². The minimum absolute atomic E-state index is 0.131. The molecule has 1 aromatic rings. The van der Waals surface area contributed by atoms with Crippen molar-refractivity contribution >= 4 is 5.91 Å². The molecule has 0 saturated carbocycles. The molecule has 1 amide bonds. The monoisotopic (exact) mass is 307 g/mol. The molecule has 0 aliphatic carbocycles. The molecule has 1 aromatic carbocycles. The van der Waals surface area contributed by atoms with E-state index in [4.69, 9.17) is 9.47 Å². The van der Waals surface area contributed by atoms with Gasteiger partial charge in [-0.05, 0) is 43.7 Å². The second-order valence-corrected chi connectivity index (χ2v) is 6.01. The second-order valence-electron chi connectivity index (χ2n) is 6.01. The number of ether oxygens (including phenoxy) is 2. The summed E-state index contributed by atoms with van der Waals surface area (Å²) >= 11 is 0. The third-order valence-corrected chi connectivity index (χ3v) is 4.44. The third-order valence-electron chi connectivity index (χ3n) is 4.44. The normalized spacial score (nSPS) is 22.8. The van der Waals surface area contributed by atoms with Crippen molar-refractivity contribution in [1.82, 2.24) is 4.90 Å². The standard InChI is InChI=1S/C17H22FNO3/c18-14-4-1-2-5-15(14)22-12-13-7-9-19(10-8-13)17(20)16-6-3-11-21-16/h1-2,4-5,13,16H,3,6-12H2. The zero-order valence-electron chi connectivity index (χ0n) is 12.7. The van der Waals surface area contributed by atoms with Crippen LogP contribution in [0.15, 0.2) is 24.3 Å². The van der Waals surface area contributed by atoms with Gasteiger partial charge in [0, 0.05) is 19.7 Å².